The van der Waals surface area contributed by atoms with Gasteiger partial charge in [0.25, 0.3) is 0 Å². The lowest BCUT2D eigenvalue weighted by atomic mass is 10.1. The minimum atomic E-state index is -0.792. The lowest BCUT2D eigenvalue weighted by molar-refractivity contribution is -0.143. The van der Waals surface area contributed by atoms with Crippen LogP contribution in [0.5, 0.6) is 0 Å². The Kier molecular flexibility index (Phi) is 22.5. The average Bonchev–Trinajstić information content (AvgIpc) is 2.69. The number of hydrogen-bond acceptors (Lipinski definition) is 4. The van der Waals surface area contributed by atoms with Crippen molar-refractivity contribution >= 4 is 23.7 Å². The SMILES string of the molecule is CCCCCCCC/C=C/CCCCCCCCOC(=O)CCSCCC(=O)O. The summed E-state index contributed by atoms with van der Waals surface area (Å²) < 4.78 is 5.21. The van der Waals surface area contributed by atoms with Crippen LogP contribution in [0.2, 0.25) is 0 Å². The van der Waals surface area contributed by atoms with E-state index in [2.05, 4.69) is 19.1 Å². The predicted molar refractivity (Wildman–Crippen MR) is 125 cm³/mol. The van der Waals surface area contributed by atoms with E-state index in [1.807, 2.05) is 0 Å². The largest absolute Gasteiger partial charge is 0.481 e. The molecule has 0 unspecified atom stereocenters. The molecule has 0 aliphatic carbocycles. The molecule has 0 aromatic rings. The first-order valence-electron chi connectivity index (χ1n) is 11.8. The second kappa shape index (κ2) is 23.3. The van der Waals surface area contributed by atoms with E-state index in [0.29, 0.717) is 24.5 Å². The highest BCUT2D eigenvalue weighted by molar-refractivity contribution is 7.99. The van der Waals surface area contributed by atoms with Crippen LogP contribution in [-0.4, -0.2) is 35.2 Å². The maximum atomic E-state index is 11.5. The van der Waals surface area contributed by atoms with Crippen molar-refractivity contribution in [1.82, 2.24) is 0 Å². The fourth-order valence-corrected chi connectivity index (χ4v) is 3.86. The summed E-state index contributed by atoms with van der Waals surface area (Å²) in [5, 5.41) is 8.53. The molecule has 1 N–H and O–H groups in total. The number of allylic oxidation sites excluding steroid dienone is 2. The standard InChI is InChI=1S/C24H44O4S/c1-2-3-4-5-6-7-8-9-10-11-12-13-14-15-16-17-20-28-24(27)19-22-29-21-18-23(25)26/h9-10H,2-8,11-22H2,1H3,(H,25,26)/b10-9+. The molecule has 0 spiro atoms. The van der Waals surface area contributed by atoms with E-state index in [1.165, 1.54) is 88.8 Å². The number of thioether (sulfide) groups is 1. The molecule has 170 valence electrons. The number of aliphatic carboxylic acids is 1. The second-order valence-corrected chi connectivity index (χ2v) is 8.89. The van der Waals surface area contributed by atoms with Gasteiger partial charge in [-0.05, 0) is 32.1 Å². The number of unbranched alkanes of at least 4 members (excludes halogenated alkanes) is 12. The minimum absolute atomic E-state index is 0.148. The summed E-state index contributed by atoms with van der Waals surface area (Å²) in [6, 6.07) is 0. The monoisotopic (exact) mass is 428 g/mol. The van der Waals surface area contributed by atoms with Crippen molar-refractivity contribution in [3.05, 3.63) is 12.2 Å². The van der Waals surface area contributed by atoms with Crippen LogP contribution in [0.15, 0.2) is 12.2 Å². The zero-order chi connectivity index (χ0) is 21.4. The fraction of sp³-hybridized carbons (Fsp3) is 0.833. The molecule has 0 saturated carbocycles. The summed E-state index contributed by atoms with van der Waals surface area (Å²) in [7, 11) is 0. The van der Waals surface area contributed by atoms with Crippen molar-refractivity contribution in [1.29, 1.82) is 0 Å². The third-order valence-electron chi connectivity index (χ3n) is 4.83. The Morgan fingerprint density at radius 2 is 1.28 bits per heavy atom. The molecule has 4 nitrogen and oxygen atoms in total. The van der Waals surface area contributed by atoms with E-state index in [0.717, 1.165) is 12.8 Å². The summed E-state index contributed by atoms with van der Waals surface area (Å²) in [5.74, 6) is 0.234. The molecule has 5 heteroatoms. The maximum absolute atomic E-state index is 11.5. The maximum Gasteiger partial charge on any atom is 0.306 e. The molecule has 0 heterocycles. The first-order chi connectivity index (χ1) is 14.2. The molecule has 0 aromatic carbocycles. The van der Waals surface area contributed by atoms with Gasteiger partial charge in [0.2, 0.25) is 0 Å². The molecular formula is C24H44O4S. The van der Waals surface area contributed by atoms with E-state index >= 15 is 0 Å². The van der Waals surface area contributed by atoms with Gasteiger partial charge in [-0.2, -0.15) is 11.8 Å². The number of carboxylic acids is 1. The number of carbonyl (C=O) groups is 2. The Morgan fingerprint density at radius 3 is 1.86 bits per heavy atom. The number of hydrogen-bond donors (Lipinski definition) is 1. The van der Waals surface area contributed by atoms with Gasteiger partial charge in [-0.25, -0.2) is 0 Å². The quantitative estimate of drug-likeness (QED) is 0.112. The van der Waals surface area contributed by atoms with E-state index in [1.54, 1.807) is 0 Å². The lowest BCUT2D eigenvalue weighted by Crippen LogP contribution is -2.07. The average molecular weight is 429 g/mol. The lowest BCUT2D eigenvalue weighted by Gasteiger charge is -2.05. The molecule has 0 atom stereocenters. The van der Waals surface area contributed by atoms with Crippen molar-refractivity contribution in [2.24, 2.45) is 0 Å². The molecule has 0 saturated heterocycles. The van der Waals surface area contributed by atoms with Gasteiger partial charge in [0.15, 0.2) is 0 Å². The van der Waals surface area contributed by atoms with Gasteiger partial charge in [0.05, 0.1) is 19.4 Å². The van der Waals surface area contributed by atoms with Crippen LogP contribution < -0.4 is 0 Å². The number of esters is 1. The Labute approximate surface area is 183 Å². The van der Waals surface area contributed by atoms with Crippen LogP contribution in [0.25, 0.3) is 0 Å². The van der Waals surface area contributed by atoms with Crippen molar-refractivity contribution in [3.8, 4) is 0 Å². The Bertz CT molecular complexity index is 410. The molecule has 0 aliphatic rings. The smallest absolute Gasteiger partial charge is 0.306 e. The van der Waals surface area contributed by atoms with Gasteiger partial charge >= 0.3 is 11.9 Å². The van der Waals surface area contributed by atoms with E-state index in [-0.39, 0.29) is 12.4 Å². The normalized spacial score (nSPS) is 11.2. The van der Waals surface area contributed by atoms with Crippen LogP contribution in [-0.2, 0) is 14.3 Å². The van der Waals surface area contributed by atoms with Gasteiger partial charge in [-0.1, -0.05) is 76.9 Å². The molecule has 0 aromatic heterocycles. The van der Waals surface area contributed by atoms with Gasteiger partial charge in [0.1, 0.15) is 0 Å². The molecule has 0 amide bonds. The van der Waals surface area contributed by atoms with Crippen molar-refractivity contribution < 1.29 is 19.4 Å². The topological polar surface area (TPSA) is 63.6 Å². The van der Waals surface area contributed by atoms with Crippen molar-refractivity contribution in [2.75, 3.05) is 18.1 Å². The molecule has 0 rings (SSSR count). The first-order valence-corrected chi connectivity index (χ1v) is 12.9. The van der Waals surface area contributed by atoms with Crippen LogP contribution in [0.1, 0.15) is 110 Å². The Hall–Kier alpha value is -0.970. The van der Waals surface area contributed by atoms with Gasteiger partial charge < -0.3 is 9.84 Å². The fourth-order valence-electron chi connectivity index (χ4n) is 3.02. The molecule has 0 radical (unpaired) electrons. The number of ether oxygens (including phenoxy) is 1. The van der Waals surface area contributed by atoms with Crippen LogP contribution in [0.4, 0.5) is 0 Å². The predicted octanol–water partition coefficient (Wildman–Crippen LogP) is 7.17. The molecule has 29 heavy (non-hydrogen) atoms. The van der Waals surface area contributed by atoms with Gasteiger partial charge in [-0.15, -0.1) is 0 Å². The zero-order valence-corrected chi connectivity index (χ0v) is 19.5. The number of carboxylic acid groups (broad SMARTS) is 1. The highest BCUT2D eigenvalue weighted by atomic mass is 32.2. The summed E-state index contributed by atoms with van der Waals surface area (Å²) >= 11 is 1.49. The third-order valence-corrected chi connectivity index (χ3v) is 5.82. The zero-order valence-electron chi connectivity index (χ0n) is 18.7. The van der Waals surface area contributed by atoms with E-state index in [4.69, 9.17) is 9.84 Å². The van der Waals surface area contributed by atoms with Gasteiger partial charge in [0, 0.05) is 11.5 Å². The Balaban J connectivity index is 3.20. The first kappa shape index (κ1) is 28.0. The summed E-state index contributed by atoms with van der Waals surface area (Å²) in [6.07, 6.45) is 23.0. The number of carbonyl (C=O) groups excluding carboxylic acids is 1. The van der Waals surface area contributed by atoms with E-state index < -0.39 is 5.97 Å². The van der Waals surface area contributed by atoms with Crippen molar-refractivity contribution in [2.45, 2.75) is 110 Å². The highest BCUT2D eigenvalue weighted by Gasteiger charge is 2.03. The van der Waals surface area contributed by atoms with Crippen LogP contribution in [0.3, 0.4) is 0 Å². The molecule has 0 bridgehead atoms. The minimum Gasteiger partial charge on any atom is -0.481 e. The Morgan fingerprint density at radius 1 is 0.759 bits per heavy atom. The summed E-state index contributed by atoms with van der Waals surface area (Å²) in [5.41, 5.74) is 0. The third kappa shape index (κ3) is 25.0. The number of rotatable bonds is 22. The summed E-state index contributed by atoms with van der Waals surface area (Å²) in [4.78, 5) is 21.9. The summed E-state index contributed by atoms with van der Waals surface area (Å²) in [6.45, 7) is 2.78. The van der Waals surface area contributed by atoms with Crippen LogP contribution in [0, 0.1) is 0 Å². The van der Waals surface area contributed by atoms with E-state index in [9.17, 15) is 9.59 Å². The highest BCUT2D eigenvalue weighted by Crippen LogP contribution is 2.10. The van der Waals surface area contributed by atoms with Crippen LogP contribution >= 0.6 is 11.8 Å². The molecular weight excluding hydrogens is 384 g/mol. The molecule has 0 fully saturated rings. The second-order valence-electron chi connectivity index (χ2n) is 7.66. The van der Waals surface area contributed by atoms with Crippen molar-refractivity contribution in [3.63, 3.8) is 0 Å². The molecule has 0 aliphatic heterocycles. The van der Waals surface area contributed by atoms with Gasteiger partial charge in [-0.3, -0.25) is 9.59 Å².